The Morgan fingerprint density at radius 2 is 0.800 bits per heavy atom. The highest BCUT2D eigenvalue weighted by atomic mass is 16.5. The number of hydrogen-bond donors (Lipinski definition) is 0. The molecule has 0 aliphatic rings. The molecule has 0 spiro atoms. The van der Waals surface area contributed by atoms with Crippen molar-refractivity contribution in [3.05, 3.63) is 0 Å². The van der Waals surface area contributed by atoms with E-state index in [1.54, 1.807) is 0 Å². The van der Waals surface area contributed by atoms with E-state index < -0.39 is 0 Å². The molecule has 0 radical (unpaired) electrons. The molecule has 0 aliphatic carbocycles. The highest BCUT2D eigenvalue weighted by Crippen LogP contribution is 2.28. The van der Waals surface area contributed by atoms with Crippen LogP contribution in [-0.4, -0.2) is 36.1 Å². The van der Waals surface area contributed by atoms with Crippen LogP contribution >= 0.6 is 0 Å². The predicted molar refractivity (Wildman–Crippen MR) is 203 cm³/mol. The lowest BCUT2D eigenvalue weighted by atomic mass is 9.84. The van der Waals surface area contributed by atoms with Gasteiger partial charge in [0.15, 0.2) is 0 Å². The molecule has 0 unspecified atom stereocenters. The Hall–Kier alpha value is -0.570. The van der Waals surface area contributed by atoms with Crippen molar-refractivity contribution in [3.8, 4) is 0 Å². The van der Waals surface area contributed by atoms with Gasteiger partial charge in [0.05, 0.1) is 5.60 Å². The Labute approximate surface area is 286 Å². The summed E-state index contributed by atoms with van der Waals surface area (Å²) in [6.45, 7) is 22.6. The molecule has 1 amide bonds. The number of amides is 1. The van der Waals surface area contributed by atoms with Gasteiger partial charge in [-0.3, -0.25) is 4.79 Å². The van der Waals surface area contributed by atoms with E-state index in [1.807, 2.05) is 0 Å². The summed E-state index contributed by atoms with van der Waals surface area (Å²) in [6.07, 6.45) is 35.7. The molecular formula is C42H87NO2. The summed E-state index contributed by atoms with van der Waals surface area (Å²) in [6, 6.07) is 0. The number of carbonyl (C=O) groups is 1. The molecule has 0 heterocycles. The van der Waals surface area contributed by atoms with E-state index in [0.29, 0.717) is 12.3 Å². The van der Waals surface area contributed by atoms with Gasteiger partial charge in [0, 0.05) is 26.1 Å². The zero-order valence-corrected chi connectivity index (χ0v) is 33.0. The third-order valence-corrected chi connectivity index (χ3v) is 9.20. The first kappa shape index (κ1) is 46.5. The van der Waals surface area contributed by atoms with Crippen molar-refractivity contribution in [2.75, 3.05) is 19.7 Å². The molecule has 3 heteroatoms. The summed E-state index contributed by atoms with van der Waals surface area (Å²) in [7, 11) is 0. The Morgan fingerprint density at radius 1 is 0.467 bits per heavy atom. The topological polar surface area (TPSA) is 29.5 Å². The van der Waals surface area contributed by atoms with Gasteiger partial charge in [-0.05, 0) is 51.9 Å². The molecule has 0 aromatic rings. The van der Waals surface area contributed by atoms with Crippen molar-refractivity contribution < 1.29 is 9.53 Å². The average molecular weight is 638 g/mol. The molecule has 272 valence electrons. The van der Waals surface area contributed by atoms with Crippen LogP contribution in [0.25, 0.3) is 0 Å². The maximum atomic E-state index is 13.0. The van der Waals surface area contributed by atoms with Crippen LogP contribution in [0.4, 0.5) is 0 Å². The summed E-state index contributed by atoms with van der Waals surface area (Å²) in [4.78, 5) is 15.1. The second-order valence-corrected chi connectivity index (χ2v) is 15.8. The fourth-order valence-corrected chi connectivity index (χ4v) is 5.78. The molecule has 3 nitrogen and oxygen atoms in total. The van der Waals surface area contributed by atoms with Crippen molar-refractivity contribution in [3.63, 3.8) is 0 Å². The van der Waals surface area contributed by atoms with E-state index in [0.717, 1.165) is 51.8 Å². The number of hydrogen-bond acceptors (Lipinski definition) is 2. The van der Waals surface area contributed by atoms with Crippen LogP contribution < -0.4 is 0 Å². The number of unbranched alkanes of at least 4 members (excludes halogenated alkanes) is 21. The second-order valence-electron chi connectivity index (χ2n) is 15.8. The van der Waals surface area contributed by atoms with Crippen LogP contribution in [-0.2, 0) is 9.53 Å². The Morgan fingerprint density at radius 3 is 1.16 bits per heavy atom. The van der Waals surface area contributed by atoms with Gasteiger partial charge in [-0.25, -0.2) is 0 Å². The lowest BCUT2D eigenvalue weighted by Gasteiger charge is -2.29. The van der Waals surface area contributed by atoms with Gasteiger partial charge in [0.2, 0.25) is 5.91 Å². The average Bonchev–Trinajstić information content (AvgIpc) is 2.99. The summed E-state index contributed by atoms with van der Waals surface area (Å²) in [5, 5.41) is 0. The zero-order chi connectivity index (χ0) is 34.1. The highest BCUT2D eigenvalue weighted by Gasteiger charge is 2.22. The monoisotopic (exact) mass is 638 g/mol. The first-order valence-electron chi connectivity index (χ1n) is 20.4. The molecule has 0 aromatic heterocycles. The SMILES string of the molecule is CCCCCCCCCCCC.CCCCCCCCCCCCCCN(CCCC)C(=O)CCC(C)(C)CCOC(C)(C)C. The van der Waals surface area contributed by atoms with Crippen LogP contribution in [0.3, 0.4) is 0 Å². The van der Waals surface area contributed by atoms with E-state index >= 15 is 0 Å². The molecule has 45 heavy (non-hydrogen) atoms. The van der Waals surface area contributed by atoms with Crippen LogP contribution in [0.1, 0.15) is 236 Å². The van der Waals surface area contributed by atoms with Crippen molar-refractivity contribution in [1.82, 2.24) is 4.90 Å². The van der Waals surface area contributed by atoms with Crippen molar-refractivity contribution in [1.29, 1.82) is 0 Å². The van der Waals surface area contributed by atoms with Gasteiger partial charge in [0.1, 0.15) is 0 Å². The lowest BCUT2D eigenvalue weighted by molar-refractivity contribution is -0.132. The quantitative estimate of drug-likeness (QED) is 0.0708. The molecule has 0 fully saturated rings. The Bertz CT molecular complexity index is 584. The molecule has 0 rings (SSSR count). The highest BCUT2D eigenvalue weighted by molar-refractivity contribution is 5.76. The van der Waals surface area contributed by atoms with E-state index in [-0.39, 0.29) is 11.0 Å². The minimum Gasteiger partial charge on any atom is -0.376 e. The Balaban J connectivity index is 0. The molecule has 0 aromatic carbocycles. The van der Waals surface area contributed by atoms with E-state index in [4.69, 9.17) is 4.74 Å². The maximum absolute atomic E-state index is 13.0. The fourth-order valence-electron chi connectivity index (χ4n) is 5.78. The van der Waals surface area contributed by atoms with Crippen LogP contribution in [0.2, 0.25) is 0 Å². The first-order valence-corrected chi connectivity index (χ1v) is 20.4. The number of nitrogens with zero attached hydrogens (tertiary/aromatic N) is 1. The van der Waals surface area contributed by atoms with Gasteiger partial charge >= 0.3 is 0 Å². The molecule has 0 bridgehead atoms. The number of carbonyl (C=O) groups excluding carboxylic acids is 1. The van der Waals surface area contributed by atoms with Gasteiger partial charge in [0.25, 0.3) is 0 Å². The first-order chi connectivity index (χ1) is 21.5. The summed E-state index contributed by atoms with van der Waals surface area (Å²) in [5.74, 6) is 0.358. The molecule has 0 aliphatic heterocycles. The molecular weight excluding hydrogens is 550 g/mol. The third kappa shape index (κ3) is 37.8. The summed E-state index contributed by atoms with van der Waals surface area (Å²) < 4.78 is 5.90. The Kier molecular flexibility index (Phi) is 34.5. The number of rotatable bonds is 31. The van der Waals surface area contributed by atoms with Crippen molar-refractivity contribution in [2.24, 2.45) is 5.41 Å². The van der Waals surface area contributed by atoms with Crippen molar-refractivity contribution in [2.45, 2.75) is 241 Å². The largest absolute Gasteiger partial charge is 0.376 e. The van der Waals surface area contributed by atoms with E-state index in [2.05, 4.69) is 67.2 Å². The minimum atomic E-state index is -0.0862. The van der Waals surface area contributed by atoms with Crippen LogP contribution in [0.5, 0.6) is 0 Å². The van der Waals surface area contributed by atoms with Gasteiger partial charge in [-0.15, -0.1) is 0 Å². The fraction of sp³-hybridized carbons (Fsp3) is 0.976. The summed E-state index contributed by atoms with van der Waals surface area (Å²) in [5.41, 5.74) is 0.0600. The second kappa shape index (κ2) is 33.3. The lowest BCUT2D eigenvalue weighted by Crippen LogP contribution is -2.33. The molecule has 0 saturated heterocycles. The van der Waals surface area contributed by atoms with Crippen molar-refractivity contribution >= 4 is 5.91 Å². The van der Waals surface area contributed by atoms with Crippen LogP contribution in [0, 0.1) is 5.41 Å². The molecule has 0 N–H and O–H groups in total. The van der Waals surface area contributed by atoms with E-state index in [9.17, 15) is 4.79 Å². The normalized spacial score (nSPS) is 11.8. The number of ether oxygens (including phenoxy) is 1. The maximum Gasteiger partial charge on any atom is 0.222 e. The third-order valence-electron chi connectivity index (χ3n) is 9.20. The van der Waals surface area contributed by atoms with E-state index in [1.165, 1.54) is 135 Å². The predicted octanol–water partition coefficient (Wildman–Crippen LogP) is 14.3. The minimum absolute atomic E-state index is 0.0862. The smallest absolute Gasteiger partial charge is 0.222 e. The molecule has 0 saturated carbocycles. The summed E-state index contributed by atoms with van der Waals surface area (Å²) >= 11 is 0. The standard InChI is InChI=1S/C30H61NO2.C12H26/c1-8-10-12-13-14-15-16-17-18-19-20-21-26-31(25-11-9-2)28(32)22-23-30(6,7)24-27-33-29(3,4)5;1-3-5-7-9-11-12-10-8-6-4-2/h8-27H2,1-7H3;3-12H2,1-2H3. The van der Waals surface area contributed by atoms with Gasteiger partial charge < -0.3 is 9.64 Å². The molecule has 0 atom stereocenters. The van der Waals surface area contributed by atoms with Crippen LogP contribution in [0.15, 0.2) is 0 Å². The zero-order valence-electron chi connectivity index (χ0n) is 33.0. The van der Waals surface area contributed by atoms with Gasteiger partial charge in [-0.2, -0.15) is 0 Å². The van der Waals surface area contributed by atoms with Gasteiger partial charge in [-0.1, -0.05) is 183 Å².